The maximum atomic E-state index is 9.16. The van der Waals surface area contributed by atoms with Crippen LogP contribution in [0.4, 0.5) is 0 Å². The van der Waals surface area contributed by atoms with Crippen LogP contribution in [0.5, 0.6) is 5.75 Å². The number of hydrogen-bond donors (Lipinski definition) is 2. The Bertz CT molecular complexity index is 463. The van der Waals surface area contributed by atoms with Gasteiger partial charge in [-0.05, 0) is 24.1 Å². The molecule has 2 rings (SSSR count). The molecule has 0 aliphatic heterocycles. The third kappa shape index (κ3) is 2.20. The average molecular weight is 218 g/mol. The molecule has 0 unspecified atom stereocenters. The number of aryl methyl sites for hydroxylation is 1. The SMILES string of the molecule is Cn1cnnc1[C@@H](N)Cc1ccc(O)cc1. The lowest BCUT2D eigenvalue weighted by atomic mass is 10.1. The van der Waals surface area contributed by atoms with E-state index in [1.165, 1.54) is 0 Å². The van der Waals surface area contributed by atoms with Crippen LogP contribution in [0.25, 0.3) is 0 Å². The van der Waals surface area contributed by atoms with E-state index < -0.39 is 0 Å². The lowest BCUT2D eigenvalue weighted by Gasteiger charge is -2.10. The zero-order valence-electron chi connectivity index (χ0n) is 9.04. The Kier molecular flexibility index (Phi) is 2.87. The van der Waals surface area contributed by atoms with Crippen molar-refractivity contribution in [3.8, 4) is 5.75 Å². The van der Waals surface area contributed by atoms with Crippen molar-refractivity contribution in [3.05, 3.63) is 42.0 Å². The highest BCUT2D eigenvalue weighted by Gasteiger charge is 2.12. The largest absolute Gasteiger partial charge is 0.508 e. The van der Waals surface area contributed by atoms with Crippen molar-refractivity contribution in [1.82, 2.24) is 14.8 Å². The summed E-state index contributed by atoms with van der Waals surface area (Å²) >= 11 is 0. The van der Waals surface area contributed by atoms with Crippen molar-refractivity contribution >= 4 is 0 Å². The predicted molar refractivity (Wildman–Crippen MR) is 59.7 cm³/mol. The third-order valence-electron chi connectivity index (χ3n) is 2.47. The monoisotopic (exact) mass is 218 g/mol. The summed E-state index contributed by atoms with van der Waals surface area (Å²) in [6.07, 6.45) is 2.30. The molecule has 84 valence electrons. The molecule has 0 bridgehead atoms. The van der Waals surface area contributed by atoms with Crippen molar-refractivity contribution in [3.63, 3.8) is 0 Å². The number of phenols is 1. The van der Waals surface area contributed by atoms with Crippen LogP contribution in [-0.4, -0.2) is 19.9 Å². The molecule has 0 amide bonds. The zero-order valence-corrected chi connectivity index (χ0v) is 9.04. The van der Waals surface area contributed by atoms with Gasteiger partial charge in [0.05, 0.1) is 6.04 Å². The molecule has 2 aromatic rings. The molecule has 0 saturated carbocycles. The van der Waals surface area contributed by atoms with Crippen molar-refractivity contribution in [2.75, 3.05) is 0 Å². The molecule has 1 heterocycles. The van der Waals surface area contributed by atoms with Crippen LogP contribution in [0.1, 0.15) is 17.4 Å². The summed E-state index contributed by atoms with van der Waals surface area (Å²) in [6, 6.07) is 6.83. The first-order valence-corrected chi connectivity index (χ1v) is 5.04. The molecule has 1 atom stereocenters. The minimum Gasteiger partial charge on any atom is -0.508 e. The Balaban J connectivity index is 2.10. The molecule has 5 heteroatoms. The van der Waals surface area contributed by atoms with Crippen LogP contribution in [-0.2, 0) is 13.5 Å². The summed E-state index contributed by atoms with van der Waals surface area (Å²) in [4.78, 5) is 0. The van der Waals surface area contributed by atoms with Gasteiger partial charge in [-0.25, -0.2) is 0 Å². The van der Waals surface area contributed by atoms with E-state index >= 15 is 0 Å². The van der Waals surface area contributed by atoms with Gasteiger partial charge in [0.2, 0.25) is 0 Å². The van der Waals surface area contributed by atoms with Crippen molar-refractivity contribution < 1.29 is 5.11 Å². The molecule has 0 aliphatic carbocycles. The zero-order chi connectivity index (χ0) is 11.5. The number of aromatic hydroxyl groups is 1. The van der Waals surface area contributed by atoms with Gasteiger partial charge in [-0.3, -0.25) is 0 Å². The fourth-order valence-corrected chi connectivity index (χ4v) is 1.61. The fraction of sp³-hybridized carbons (Fsp3) is 0.273. The van der Waals surface area contributed by atoms with Crippen molar-refractivity contribution in [2.24, 2.45) is 12.8 Å². The van der Waals surface area contributed by atoms with E-state index in [4.69, 9.17) is 10.8 Å². The molecule has 0 spiro atoms. The van der Waals surface area contributed by atoms with E-state index in [1.807, 2.05) is 23.7 Å². The van der Waals surface area contributed by atoms with Gasteiger partial charge in [-0.15, -0.1) is 10.2 Å². The highest BCUT2D eigenvalue weighted by molar-refractivity contribution is 5.26. The lowest BCUT2D eigenvalue weighted by molar-refractivity contribution is 0.475. The summed E-state index contributed by atoms with van der Waals surface area (Å²) in [5.41, 5.74) is 7.09. The van der Waals surface area contributed by atoms with Crippen LogP contribution in [0.2, 0.25) is 0 Å². The summed E-state index contributed by atoms with van der Waals surface area (Å²) < 4.78 is 1.81. The van der Waals surface area contributed by atoms with E-state index in [1.54, 1.807) is 18.5 Å². The second-order valence-corrected chi connectivity index (χ2v) is 3.78. The normalized spacial score (nSPS) is 12.6. The first-order valence-electron chi connectivity index (χ1n) is 5.04. The highest BCUT2D eigenvalue weighted by atomic mass is 16.3. The van der Waals surface area contributed by atoms with E-state index in [2.05, 4.69) is 10.2 Å². The van der Waals surface area contributed by atoms with Gasteiger partial charge in [0.25, 0.3) is 0 Å². The molecule has 1 aromatic heterocycles. The Morgan fingerprint density at radius 1 is 1.38 bits per heavy atom. The number of phenolic OH excluding ortho intramolecular Hbond substituents is 1. The molecule has 16 heavy (non-hydrogen) atoms. The summed E-state index contributed by atoms with van der Waals surface area (Å²) in [6.45, 7) is 0. The number of aromatic nitrogens is 3. The van der Waals surface area contributed by atoms with Crippen LogP contribution in [0.3, 0.4) is 0 Å². The van der Waals surface area contributed by atoms with Crippen LogP contribution in [0, 0.1) is 0 Å². The number of benzene rings is 1. The van der Waals surface area contributed by atoms with Gasteiger partial charge in [-0.1, -0.05) is 12.1 Å². The van der Waals surface area contributed by atoms with E-state index in [9.17, 15) is 0 Å². The average Bonchev–Trinajstić information content (AvgIpc) is 2.68. The number of nitrogens with zero attached hydrogens (tertiary/aromatic N) is 3. The van der Waals surface area contributed by atoms with Gasteiger partial charge in [0.15, 0.2) is 0 Å². The second kappa shape index (κ2) is 4.32. The Labute approximate surface area is 93.5 Å². The topological polar surface area (TPSA) is 77.0 Å². The van der Waals surface area contributed by atoms with Crippen LogP contribution >= 0.6 is 0 Å². The minimum absolute atomic E-state index is 0.183. The lowest BCUT2D eigenvalue weighted by Crippen LogP contribution is -2.17. The molecule has 0 saturated heterocycles. The quantitative estimate of drug-likeness (QED) is 0.797. The predicted octanol–water partition coefficient (Wildman–Crippen LogP) is 0.763. The molecule has 5 nitrogen and oxygen atoms in total. The first kappa shape index (κ1) is 10.6. The Hall–Kier alpha value is -1.88. The van der Waals surface area contributed by atoms with Gasteiger partial charge in [0, 0.05) is 7.05 Å². The molecule has 3 N–H and O–H groups in total. The fourth-order valence-electron chi connectivity index (χ4n) is 1.61. The van der Waals surface area contributed by atoms with E-state index in [0.717, 1.165) is 11.4 Å². The maximum Gasteiger partial charge on any atom is 0.149 e. The Morgan fingerprint density at radius 2 is 2.06 bits per heavy atom. The highest BCUT2D eigenvalue weighted by Crippen LogP contribution is 2.16. The first-order chi connectivity index (χ1) is 7.66. The molecule has 0 aliphatic rings. The number of nitrogens with two attached hydrogens (primary N) is 1. The van der Waals surface area contributed by atoms with Gasteiger partial charge in [0.1, 0.15) is 17.9 Å². The van der Waals surface area contributed by atoms with Gasteiger partial charge >= 0.3 is 0 Å². The minimum atomic E-state index is -0.183. The smallest absolute Gasteiger partial charge is 0.149 e. The Morgan fingerprint density at radius 3 is 2.62 bits per heavy atom. The summed E-state index contributed by atoms with van der Waals surface area (Å²) in [5, 5.41) is 16.9. The van der Waals surface area contributed by atoms with Crippen LogP contribution < -0.4 is 5.73 Å². The summed E-state index contributed by atoms with van der Waals surface area (Å²) in [5.74, 6) is 1.02. The molecule has 0 radical (unpaired) electrons. The van der Waals surface area contributed by atoms with E-state index in [-0.39, 0.29) is 11.8 Å². The molecular weight excluding hydrogens is 204 g/mol. The number of hydrogen-bond acceptors (Lipinski definition) is 4. The van der Waals surface area contributed by atoms with E-state index in [0.29, 0.717) is 6.42 Å². The van der Waals surface area contributed by atoms with Crippen molar-refractivity contribution in [2.45, 2.75) is 12.5 Å². The summed E-state index contributed by atoms with van der Waals surface area (Å²) in [7, 11) is 1.87. The third-order valence-corrected chi connectivity index (χ3v) is 2.47. The maximum absolute atomic E-state index is 9.16. The van der Waals surface area contributed by atoms with Crippen LogP contribution in [0.15, 0.2) is 30.6 Å². The molecule has 0 fully saturated rings. The standard InChI is InChI=1S/C11H14N4O/c1-15-7-13-14-11(15)10(12)6-8-2-4-9(16)5-3-8/h2-5,7,10,16H,6,12H2,1H3/t10-/m0/s1. The second-order valence-electron chi connectivity index (χ2n) is 3.78. The van der Waals surface area contributed by atoms with Gasteiger partial charge in [-0.2, -0.15) is 0 Å². The van der Waals surface area contributed by atoms with Crippen molar-refractivity contribution in [1.29, 1.82) is 0 Å². The molecule has 1 aromatic carbocycles. The molecular formula is C11H14N4O. The van der Waals surface area contributed by atoms with Gasteiger partial charge < -0.3 is 15.4 Å². The number of rotatable bonds is 3.